The molecule has 0 aliphatic carbocycles. The van der Waals surface area contributed by atoms with E-state index in [0.29, 0.717) is 0 Å². The molecule has 0 aliphatic rings. The Morgan fingerprint density at radius 3 is 1.80 bits per heavy atom. The Labute approximate surface area is 107 Å². The van der Waals surface area contributed by atoms with Crippen LogP contribution in [0, 0.1) is 0 Å². The number of fused-ring (bicyclic) bond motifs is 2. The fraction of sp³-hybridized carbons (Fsp3) is 0. The zero-order valence-electron chi connectivity index (χ0n) is 7.37. The van der Waals surface area contributed by atoms with Gasteiger partial charge in [0, 0.05) is 0 Å². The SMILES string of the molecule is Brc1sc(Br)c2nc3ccccc3nc12. The van der Waals surface area contributed by atoms with Gasteiger partial charge in [-0.15, -0.1) is 11.3 Å². The Morgan fingerprint density at radius 2 is 1.33 bits per heavy atom. The summed E-state index contributed by atoms with van der Waals surface area (Å²) in [6.45, 7) is 0. The highest BCUT2D eigenvalue weighted by molar-refractivity contribution is 9.12. The van der Waals surface area contributed by atoms with Crippen LogP contribution >= 0.6 is 43.2 Å². The molecule has 5 heteroatoms. The maximum absolute atomic E-state index is 4.57. The minimum atomic E-state index is 0.922. The second kappa shape index (κ2) is 3.50. The molecule has 0 N–H and O–H groups in total. The normalized spacial score (nSPS) is 11.3. The molecule has 0 unspecified atom stereocenters. The zero-order valence-corrected chi connectivity index (χ0v) is 11.4. The molecule has 0 fully saturated rings. The Hall–Kier alpha value is -0.520. The molecule has 3 rings (SSSR count). The monoisotopic (exact) mass is 342 g/mol. The Balaban J connectivity index is 2.55. The van der Waals surface area contributed by atoms with Crippen molar-refractivity contribution in [3.05, 3.63) is 31.8 Å². The number of aromatic nitrogens is 2. The molecule has 0 spiro atoms. The number of hydrogen-bond acceptors (Lipinski definition) is 3. The zero-order chi connectivity index (χ0) is 10.4. The third-order valence-corrected chi connectivity index (χ3v) is 4.59. The van der Waals surface area contributed by atoms with Gasteiger partial charge in [-0.1, -0.05) is 12.1 Å². The van der Waals surface area contributed by atoms with Crippen molar-refractivity contribution in [1.82, 2.24) is 9.97 Å². The van der Waals surface area contributed by atoms with Crippen LogP contribution in [0.2, 0.25) is 0 Å². The van der Waals surface area contributed by atoms with Crippen LogP contribution in [0.5, 0.6) is 0 Å². The molecule has 15 heavy (non-hydrogen) atoms. The molecule has 0 atom stereocenters. The number of thiophene rings is 1. The van der Waals surface area contributed by atoms with Crippen molar-refractivity contribution in [3.8, 4) is 0 Å². The highest BCUT2D eigenvalue weighted by Crippen LogP contribution is 2.37. The summed E-state index contributed by atoms with van der Waals surface area (Å²) in [4.78, 5) is 9.14. The third-order valence-electron chi connectivity index (χ3n) is 2.12. The van der Waals surface area contributed by atoms with Crippen molar-refractivity contribution in [1.29, 1.82) is 0 Å². The first-order valence-corrected chi connectivity index (χ1v) is 6.66. The summed E-state index contributed by atoms with van der Waals surface area (Å²) in [5.74, 6) is 0. The summed E-state index contributed by atoms with van der Waals surface area (Å²) in [6.07, 6.45) is 0. The molecule has 74 valence electrons. The molecule has 0 radical (unpaired) electrons. The van der Waals surface area contributed by atoms with Crippen molar-refractivity contribution < 1.29 is 0 Å². The van der Waals surface area contributed by atoms with E-state index in [2.05, 4.69) is 41.8 Å². The highest BCUT2D eigenvalue weighted by Gasteiger charge is 2.11. The van der Waals surface area contributed by atoms with Crippen LogP contribution in [-0.2, 0) is 0 Å². The van der Waals surface area contributed by atoms with Crippen LogP contribution in [0.3, 0.4) is 0 Å². The van der Waals surface area contributed by atoms with E-state index in [0.717, 1.165) is 29.6 Å². The molecule has 1 aromatic carbocycles. The van der Waals surface area contributed by atoms with Gasteiger partial charge in [0.25, 0.3) is 0 Å². The molecule has 0 bridgehead atoms. The maximum Gasteiger partial charge on any atom is 0.116 e. The van der Waals surface area contributed by atoms with Crippen molar-refractivity contribution in [2.75, 3.05) is 0 Å². The Morgan fingerprint density at radius 1 is 0.867 bits per heavy atom. The lowest BCUT2D eigenvalue weighted by Crippen LogP contribution is -1.84. The van der Waals surface area contributed by atoms with Gasteiger partial charge in [-0.05, 0) is 44.0 Å². The Kier molecular flexibility index (Phi) is 2.26. The van der Waals surface area contributed by atoms with Crippen molar-refractivity contribution in [2.24, 2.45) is 0 Å². The Bertz CT molecular complexity index is 607. The van der Waals surface area contributed by atoms with Gasteiger partial charge in [0.15, 0.2) is 0 Å². The van der Waals surface area contributed by atoms with Crippen molar-refractivity contribution in [3.63, 3.8) is 0 Å². The van der Waals surface area contributed by atoms with E-state index in [4.69, 9.17) is 0 Å². The van der Waals surface area contributed by atoms with E-state index in [1.54, 1.807) is 11.3 Å². The van der Waals surface area contributed by atoms with Gasteiger partial charge in [-0.3, -0.25) is 0 Å². The topological polar surface area (TPSA) is 25.8 Å². The average molecular weight is 344 g/mol. The number of para-hydroxylation sites is 2. The van der Waals surface area contributed by atoms with E-state index < -0.39 is 0 Å². The smallest absolute Gasteiger partial charge is 0.116 e. The minimum Gasteiger partial charge on any atom is -0.242 e. The van der Waals surface area contributed by atoms with E-state index in [1.807, 2.05) is 24.3 Å². The molecule has 3 aromatic rings. The summed E-state index contributed by atoms with van der Waals surface area (Å²) >= 11 is 8.58. The van der Waals surface area contributed by atoms with Crippen LogP contribution in [0.15, 0.2) is 31.8 Å². The van der Waals surface area contributed by atoms with Crippen LogP contribution in [0.25, 0.3) is 22.1 Å². The van der Waals surface area contributed by atoms with E-state index in [1.165, 1.54) is 0 Å². The number of benzene rings is 1. The molecule has 0 aliphatic heterocycles. The van der Waals surface area contributed by atoms with E-state index in [-0.39, 0.29) is 0 Å². The van der Waals surface area contributed by atoms with Crippen molar-refractivity contribution >= 4 is 65.3 Å². The number of rotatable bonds is 0. The van der Waals surface area contributed by atoms with Gasteiger partial charge in [-0.25, -0.2) is 9.97 Å². The van der Waals surface area contributed by atoms with Gasteiger partial charge < -0.3 is 0 Å². The van der Waals surface area contributed by atoms with E-state index >= 15 is 0 Å². The maximum atomic E-state index is 4.57. The summed E-state index contributed by atoms with van der Waals surface area (Å²) in [5.41, 5.74) is 3.70. The molecule has 2 nitrogen and oxygen atoms in total. The van der Waals surface area contributed by atoms with Gasteiger partial charge in [-0.2, -0.15) is 0 Å². The standard InChI is InChI=1S/C10H4Br2N2S/c11-9-7-8(10(12)15-9)14-6-4-2-1-3-5(6)13-7/h1-4H. The van der Waals surface area contributed by atoms with Crippen LogP contribution in [0.4, 0.5) is 0 Å². The second-order valence-electron chi connectivity index (χ2n) is 3.06. The second-order valence-corrected chi connectivity index (χ2v) is 6.72. The van der Waals surface area contributed by atoms with Gasteiger partial charge in [0.1, 0.15) is 11.0 Å². The highest BCUT2D eigenvalue weighted by atomic mass is 79.9. The molecular weight excluding hydrogens is 340 g/mol. The first-order valence-electron chi connectivity index (χ1n) is 4.26. The summed E-state index contributed by atoms with van der Waals surface area (Å²) < 4.78 is 2.03. The first kappa shape index (κ1) is 9.69. The summed E-state index contributed by atoms with van der Waals surface area (Å²) in [6, 6.07) is 7.88. The molecule has 0 amide bonds. The number of hydrogen-bond donors (Lipinski definition) is 0. The molecule has 0 saturated heterocycles. The minimum absolute atomic E-state index is 0.922. The fourth-order valence-electron chi connectivity index (χ4n) is 1.45. The third kappa shape index (κ3) is 1.49. The molecule has 2 aromatic heterocycles. The van der Waals surface area contributed by atoms with Crippen molar-refractivity contribution in [2.45, 2.75) is 0 Å². The summed E-state index contributed by atoms with van der Waals surface area (Å²) in [7, 11) is 0. The molecule has 0 saturated carbocycles. The molecule has 2 heterocycles. The van der Waals surface area contributed by atoms with E-state index in [9.17, 15) is 0 Å². The lowest BCUT2D eigenvalue weighted by molar-refractivity contribution is 1.41. The predicted molar refractivity (Wildman–Crippen MR) is 70.3 cm³/mol. The average Bonchev–Trinajstić information content (AvgIpc) is 2.52. The predicted octanol–water partition coefficient (Wildman–Crippen LogP) is 4.37. The summed E-state index contributed by atoms with van der Waals surface area (Å²) in [5, 5.41) is 0. The number of nitrogens with zero attached hydrogens (tertiary/aromatic N) is 2. The molecular formula is C10H4Br2N2S. The van der Waals surface area contributed by atoms with Gasteiger partial charge >= 0.3 is 0 Å². The number of halogens is 2. The van der Waals surface area contributed by atoms with Crippen LogP contribution in [-0.4, -0.2) is 9.97 Å². The lowest BCUT2D eigenvalue weighted by atomic mass is 10.3. The van der Waals surface area contributed by atoms with Crippen LogP contribution in [0.1, 0.15) is 0 Å². The lowest BCUT2D eigenvalue weighted by Gasteiger charge is -1.96. The first-order chi connectivity index (χ1) is 7.25. The largest absolute Gasteiger partial charge is 0.242 e. The quantitative estimate of drug-likeness (QED) is 0.605. The van der Waals surface area contributed by atoms with Gasteiger partial charge in [0.05, 0.1) is 18.6 Å². The van der Waals surface area contributed by atoms with Crippen LogP contribution < -0.4 is 0 Å². The fourth-order valence-corrected chi connectivity index (χ4v) is 4.26. The van der Waals surface area contributed by atoms with Gasteiger partial charge in [0.2, 0.25) is 0 Å².